The van der Waals surface area contributed by atoms with Gasteiger partial charge in [-0.25, -0.2) is 4.79 Å². The van der Waals surface area contributed by atoms with Gasteiger partial charge in [-0.05, 0) is 37.3 Å². The number of aromatic nitrogens is 2. The molecule has 3 rings (SSSR count). The number of carbonyl (C=O) groups is 1. The van der Waals surface area contributed by atoms with Crippen molar-refractivity contribution in [2.24, 2.45) is 0 Å². The average molecular weight is 409 g/mol. The lowest BCUT2D eigenvalue weighted by atomic mass is 10.2. The molecule has 0 bridgehead atoms. The van der Waals surface area contributed by atoms with Crippen LogP contribution in [0, 0.1) is 6.92 Å². The van der Waals surface area contributed by atoms with Crippen LogP contribution in [0.1, 0.15) is 21.9 Å². The zero-order chi connectivity index (χ0) is 17.1. The molecular formula is C16H13BrN2O4S. The van der Waals surface area contributed by atoms with Gasteiger partial charge in [0.2, 0.25) is 11.7 Å². The van der Waals surface area contributed by atoms with Crippen LogP contribution >= 0.6 is 27.7 Å². The molecule has 0 amide bonds. The van der Waals surface area contributed by atoms with Gasteiger partial charge in [-0.1, -0.05) is 27.7 Å². The van der Waals surface area contributed by atoms with Crippen LogP contribution in [0.3, 0.4) is 0 Å². The zero-order valence-electron chi connectivity index (χ0n) is 12.9. The van der Waals surface area contributed by atoms with E-state index in [1.807, 2.05) is 24.3 Å². The van der Waals surface area contributed by atoms with Gasteiger partial charge >= 0.3 is 5.97 Å². The van der Waals surface area contributed by atoms with Crippen molar-refractivity contribution in [2.75, 3.05) is 7.11 Å². The van der Waals surface area contributed by atoms with E-state index >= 15 is 0 Å². The first kappa shape index (κ1) is 16.8. The highest BCUT2D eigenvalue weighted by molar-refractivity contribution is 9.10. The molecule has 124 valence electrons. The van der Waals surface area contributed by atoms with Crippen molar-refractivity contribution in [3.05, 3.63) is 51.9 Å². The van der Waals surface area contributed by atoms with Gasteiger partial charge in [0, 0.05) is 15.6 Å². The lowest BCUT2D eigenvalue weighted by Gasteiger charge is -1.96. The zero-order valence-corrected chi connectivity index (χ0v) is 15.3. The van der Waals surface area contributed by atoms with Gasteiger partial charge in [-0.2, -0.15) is 0 Å². The summed E-state index contributed by atoms with van der Waals surface area (Å²) in [6.07, 6.45) is 0. The van der Waals surface area contributed by atoms with Crippen molar-refractivity contribution in [1.29, 1.82) is 0 Å². The Labute approximate surface area is 150 Å². The number of esters is 1. The molecule has 0 atom stereocenters. The van der Waals surface area contributed by atoms with Crippen LogP contribution in [0.15, 0.2) is 48.9 Å². The molecule has 0 fully saturated rings. The molecule has 0 saturated carbocycles. The predicted octanol–water partition coefficient (Wildman–Crippen LogP) is 4.48. The lowest BCUT2D eigenvalue weighted by molar-refractivity contribution is 0.0562. The topological polar surface area (TPSA) is 78.4 Å². The number of nitrogens with zero attached hydrogens (tertiary/aromatic N) is 2. The number of carbonyl (C=O) groups excluding carboxylic acids is 1. The fraction of sp³-hybridized carbons (Fsp3) is 0.188. The minimum Gasteiger partial charge on any atom is -0.463 e. The van der Waals surface area contributed by atoms with E-state index < -0.39 is 5.97 Å². The van der Waals surface area contributed by atoms with Crippen LogP contribution < -0.4 is 0 Å². The Morgan fingerprint density at radius 3 is 2.71 bits per heavy atom. The standard InChI is InChI=1S/C16H13BrN2O4S/c1-9-7-12(22-13(9)15(20)21-2)8-24-16-19-18-14(23-16)10-3-5-11(17)6-4-10/h3-7H,8H2,1-2H3. The maximum absolute atomic E-state index is 11.5. The molecule has 3 aromatic rings. The Balaban J connectivity index is 1.67. The van der Waals surface area contributed by atoms with Crippen LogP contribution in [-0.4, -0.2) is 23.3 Å². The first-order valence-corrected chi connectivity index (χ1v) is 8.74. The third-order valence-electron chi connectivity index (χ3n) is 3.18. The van der Waals surface area contributed by atoms with E-state index in [-0.39, 0.29) is 5.76 Å². The number of furan rings is 1. The van der Waals surface area contributed by atoms with Gasteiger partial charge in [0.05, 0.1) is 12.9 Å². The van der Waals surface area contributed by atoms with Crippen LogP contribution in [0.4, 0.5) is 0 Å². The number of hydrogen-bond donors (Lipinski definition) is 0. The minimum absolute atomic E-state index is 0.217. The van der Waals surface area contributed by atoms with Gasteiger partial charge in [0.1, 0.15) is 5.76 Å². The van der Waals surface area contributed by atoms with Gasteiger partial charge in [0.15, 0.2) is 0 Å². The third-order valence-corrected chi connectivity index (χ3v) is 4.54. The Morgan fingerprint density at radius 2 is 2.00 bits per heavy atom. The quantitative estimate of drug-likeness (QED) is 0.454. The Morgan fingerprint density at radius 1 is 1.25 bits per heavy atom. The normalized spacial score (nSPS) is 10.8. The summed E-state index contributed by atoms with van der Waals surface area (Å²) in [5.41, 5.74) is 1.58. The van der Waals surface area contributed by atoms with Crippen molar-refractivity contribution in [1.82, 2.24) is 10.2 Å². The van der Waals surface area contributed by atoms with Crippen molar-refractivity contribution in [2.45, 2.75) is 17.9 Å². The fourth-order valence-corrected chi connectivity index (χ4v) is 2.93. The summed E-state index contributed by atoms with van der Waals surface area (Å²) in [7, 11) is 1.32. The summed E-state index contributed by atoms with van der Waals surface area (Å²) >= 11 is 4.72. The molecule has 0 aliphatic rings. The van der Waals surface area contributed by atoms with Crippen molar-refractivity contribution < 1.29 is 18.4 Å². The monoisotopic (exact) mass is 408 g/mol. The second-order valence-electron chi connectivity index (χ2n) is 4.89. The maximum Gasteiger partial charge on any atom is 0.374 e. The predicted molar refractivity (Wildman–Crippen MR) is 91.8 cm³/mol. The van der Waals surface area contributed by atoms with E-state index in [1.165, 1.54) is 18.9 Å². The molecule has 0 aliphatic carbocycles. The van der Waals surface area contributed by atoms with E-state index in [1.54, 1.807) is 13.0 Å². The number of rotatable bonds is 5. The highest BCUT2D eigenvalue weighted by atomic mass is 79.9. The average Bonchev–Trinajstić information content (AvgIpc) is 3.19. The lowest BCUT2D eigenvalue weighted by Crippen LogP contribution is -2.00. The van der Waals surface area contributed by atoms with Crippen LogP contribution in [-0.2, 0) is 10.5 Å². The SMILES string of the molecule is COC(=O)c1oc(CSc2nnc(-c3ccc(Br)cc3)o2)cc1C. The van der Waals surface area contributed by atoms with E-state index in [0.29, 0.717) is 22.6 Å². The van der Waals surface area contributed by atoms with Gasteiger partial charge in [-0.3, -0.25) is 0 Å². The molecule has 24 heavy (non-hydrogen) atoms. The first-order valence-electron chi connectivity index (χ1n) is 6.96. The van der Waals surface area contributed by atoms with Crippen LogP contribution in [0.5, 0.6) is 0 Å². The van der Waals surface area contributed by atoms with Crippen LogP contribution in [0.25, 0.3) is 11.5 Å². The fourth-order valence-electron chi connectivity index (χ4n) is 2.02. The summed E-state index contributed by atoms with van der Waals surface area (Å²) in [4.78, 5) is 11.5. The molecule has 0 N–H and O–H groups in total. The molecule has 0 saturated heterocycles. The van der Waals surface area contributed by atoms with Crippen LogP contribution in [0.2, 0.25) is 0 Å². The highest BCUT2D eigenvalue weighted by Gasteiger charge is 2.17. The summed E-state index contributed by atoms with van der Waals surface area (Å²) in [6.45, 7) is 1.79. The second kappa shape index (κ2) is 7.23. The van der Waals surface area contributed by atoms with Gasteiger partial charge in [-0.15, -0.1) is 10.2 Å². The molecule has 0 unspecified atom stereocenters. The highest BCUT2D eigenvalue weighted by Crippen LogP contribution is 2.28. The van der Waals surface area contributed by atoms with E-state index in [0.717, 1.165) is 15.6 Å². The smallest absolute Gasteiger partial charge is 0.374 e. The van der Waals surface area contributed by atoms with Crippen molar-refractivity contribution >= 4 is 33.7 Å². The molecule has 2 heterocycles. The molecule has 0 spiro atoms. The summed E-state index contributed by atoms with van der Waals surface area (Å²) in [5, 5.41) is 8.48. The number of benzene rings is 1. The van der Waals surface area contributed by atoms with E-state index in [9.17, 15) is 4.79 Å². The summed E-state index contributed by atoms with van der Waals surface area (Å²) < 4.78 is 16.8. The Kier molecular flexibility index (Phi) is 5.06. The molecule has 8 heteroatoms. The minimum atomic E-state index is -0.487. The molecular weight excluding hydrogens is 396 g/mol. The van der Waals surface area contributed by atoms with Gasteiger partial charge in [0.25, 0.3) is 5.22 Å². The number of halogens is 1. The van der Waals surface area contributed by atoms with E-state index in [4.69, 9.17) is 8.83 Å². The number of hydrogen-bond acceptors (Lipinski definition) is 7. The van der Waals surface area contributed by atoms with Gasteiger partial charge < -0.3 is 13.6 Å². The summed E-state index contributed by atoms with van der Waals surface area (Å²) in [6, 6.07) is 9.40. The van der Waals surface area contributed by atoms with E-state index in [2.05, 4.69) is 30.9 Å². The third kappa shape index (κ3) is 3.70. The van der Waals surface area contributed by atoms with Crippen molar-refractivity contribution in [3.63, 3.8) is 0 Å². The van der Waals surface area contributed by atoms with Crippen molar-refractivity contribution in [3.8, 4) is 11.5 Å². The molecule has 0 aliphatic heterocycles. The first-order chi connectivity index (χ1) is 11.6. The second-order valence-corrected chi connectivity index (χ2v) is 6.73. The molecule has 2 aromatic heterocycles. The molecule has 6 nitrogen and oxygen atoms in total. The number of thioether (sulfide) groups is 1. The number of methoxy groups -OCH3 is 1. The Bertz CT molecular complexity index is 857. The number of ether oxygens (including phenoxy) is 1. The Hall–Kier alpha value is -2.06. The summed E-state index contributed by atoms with van der Waals surface area (Å²) in [5.74, 6) is 1.30. The molecule has 0 radical (unpaired) electrons. The molecule has 1 aromatic carbocycles. The maximum atomic E-state index is 11.5. The number of aryl methyl sites for hydroxylation is 1. The largest absolute Gasteiger partial charge is 0.463 e.